The number of rotatable bonds is 6. The molecule has 0 amide bonds. The van der Waals surface area contributed by atoms with Crippen molar-refractivity contribution in [1.29, 1.82) is 0 Å². The minimum Gasteiger partial charge on any atom is -0.389 e. The number of nitrogens with zero attached hydrogens (tertiary/aromatic N) is 1. The fourth-order valence-corrected chi connectivity index (χ4v) is 4.19. The lowest BCUT2D eigenvalue weighted by molar-refractivity contribution is 0.360. The van der Waals surface area contributed by atoms with Gasteiger partial charge in [0.2, 0.25) is 10.0 Å². The Morgan fingerprint density at radius 3 is 2.57 bits per heavy atom. The molecular formula is C14H19FN2O2S2. The highest BCUT2D eigenvalue weighted by atomic mass is 32.2. The van der Waals surface area contributed by atoms with E-state index in [9.17, 15) is 12.8 Å². The van der Waals surface area contributed by atoms with Crippen molar-refractivity contribution in [3.8, 4) is 0 Å². The molecule has 1 aromatic carbocycles. The first kappa shape index (κ1) is 16.3. The largest absolute Gasteiger partial charge is 0.389 e. The second-order valence-corrected chi connectivity index (χ2v) is 8.04. The van der Waals surface area contributed by atoms with E-state index in [1.165, 1.54) is 16.4 Å². The van der Waals surface area contributed by atoms with E-state index in [-0.39, 0.29) is 27.4 Å². The number of halogens is 1. The van der Waals surface area contributed by atoms with Crippen LogP contribution in [0.5, 0.6) is 0 Å². The molecule has 21 heavy (non-hydrogen) atoms. The molecule has 1 fully saturated rings. The van der Waals surface area contributed by atoms with Gasteiger partial charge in [-0.05, 0) is 37.0 Å². The van der Waals surface area contributed by atoms with Gasteiger partial charge in [0.25, 0.3) is 0 Å². The number of nitrogens with two attached hydrogens (primary N) is 1. The number of benzene rings is 1. The third-order valence-electron chi connectivity index (χ3n) is 3.31. The zero-order valence-corrected chi connectivity index (χ0v) is 13.7. The van der Waals surface area contributed by atoms with E-state index in [4.69, 9.17) is 18.0 Å². The molecule has 4 nitrogen and oxygen atoms in total. The summed E-state index contributed by atoms with van der Waals surface area (Å²) in [5.41, 5.74) is 5.40. The maximum atomic E-state index is 13.6. The average molecular weight is 330 g/mol. The van der Waals surface area contributed by atoms with Crippen molar-refractivity contribution in [1.82, 2.24) is 4.31 Å². The minimum absolute atomic E-state index is 0.0358. The number of hydrogen-bond acceptors (Lipinski definition) is 3. The van der Waals surface area contributed by atoms with Crippen LogP contribution >= 0.6 is 12.2 Å². The third-order valence-corrected chi connectivity index (χ3v) is 5.44. The SMILES string of the molecule is CC(C)CN(C1CC1)S(=O)(=O)c1ccc(F)c(C(N)=S)c1. The summed E-state index contributed by atoms with van der Waals surface area (Å²) >= 11 is 4.76. The van der Waals surface area contributed by atoms with Gasteiger partial charge >= 0.3 is 0 Å². The summed E-state index contributed by atoms with van der Waals surface area (Å²) in [7, 11) is -3.65. The van der Waals surface area contributed by atoms with Crippen molar-refractivity contribution in [3.05, 3.63) is 29.6 Å². The average Bonchev–Trinajstić information content (AvgIpc) is 3.19. The van der Waals surface area contributed by atoms with Crippen LogP contribution < -0.4 is 5.73 Å². The van der Waals surface area contributed by atoms with E-state index in [1.54, 1.807) is 0 Å². The molecule has 0 heterocycles. The first-order valence-electron chi connectivity index (χ1n) is 6.84. The van der Waals surface area contributed by atoms with Crippen LogP contribution in [0.15, 0.2) is 23.1 Å². The molecule has 2 rings (SSSR count). The second kappa shape index (κ2) is 5.98. The molecule has 0 saturated heterocycles. The van der Waals surface area contributed by atoms with Gasteiger partial charge in [0.1, 0.15) is 10.8 Å². The van der Waals surface area contributed by atoms with E-state index in [1.807, 2.05) is 13.8 Å². The predicted octanol–water partition coefficient (Wildman–Crippen LogP) is 2.27. The fourth-order valence-electron chi connectivity index (χ4n) is 2.15. The van der Waals surface area contributed by atoms with Crippen LogP contribution in [-0.2, 0) is 10.0 Å². The number of sulfonamides is 1. The van der Waals surface area contributed by atoms with E-state index < -0.39 is 15.8 Å². The van der Waals surface area contributed by atoms with Gasteiger partial charge in [-0.3, -0.25) is 0 Å². The smallest absolute Gasteiger partial charge is 0.243 e. The van der Waals surface area contributed by atoms with Crippen LogP contribution in [0, 0.1) is 11.7 Å². The zero-order chi connectivity index (χ0) is 15.8. The Bertz CT molecular complexity index is 655. The molecule has 0 bridgehead atoms. The van der Waals surface area contributed by atoms with Gasteiger partial charge in [-0.2, -0.15) is 4.31 Å². The molecule has 116 valence electrons. The third kappa shape index (κ3) is 3.59. The molecule has 2 N–H and O–H groups in total. The zero-order valence-electron chi connectivity index (χ0n) is 12.0. The molecule has 0 atom stereocenters. The van der Waals surface area contributed by atoms with E-state index in [2.05, 4.69) is 0 Å². The lowest BCUT2D eigenvalue weighted by Crippen LogP contribution is -2.36. The Labute approximate surface area is 130 Å². The topological polar surface area (TPSA) is 63.4 Å². The predicted molar refractivity (Wildman–Crippen MR) is 84.0 cm³/mol. The quantitative estimate of drug-likeness (QED) is 0.813. The molecule has 1 aromatic rings. The van der Waals surface area contributed by atoms with Crippen LogP contribution in [0.1, 0.15) is 32.3 Å². The molecule has 1 saturated carbocycles. The Hall–Kier alpha value is -1.05. The van der Waals surface area contributed by atoms with Crippen molar-refractivity contribution in [2.45, 2.75) is 37.6 Å². The van der Waals surface area contributed by atoms with Crippen molar-refractivity contribution >= 4 is 27.2 Å². The molecule has 0 radical (unpaired) electrons. The number of thiocarbonyl (C=S) groups is 1. The second-order valence-electron chi connectivity index (χ2n) is 5.71. The number of hydrogen-bond donors (Lipinski definition) is 1. The first-order chi connectivity index (χ1) is 9.73. The van der Waals surface area contributed by atoms with Gasteiger partial charge in [0.05, 0.1) is 4.90 Å². The molecule has 0 aliphatic heterocycles. The molecule has 0 spiro atoms. The Morgan fingerprint density at radius 1 is 1.48 bits per heavy atom. The van der Waals surface area contributed by atoms with E-state index in [0.717, 1.165) is 18.9 Å². The van der Waals surface area contributed by atoms with Crippen molar-refractivity contribution in [3.63, 3.8) is 0 Å². The van der Waals surface area contributed by atoms with Crippen LogP contribution in [0.25, 0.3) is 0 Å². The highest BCUT2D eigenvalue weighted by Crippen LogP contribution is 2.33. The standard InChI is InChI=1S/C14H19FN2O2S2/c1-9(2)8-17(10-3-4-10)21(18,19)11-5-6-13(15)12(7-11)14(16)20/h5-7,9-10H,3-4,8H2,1-2H3,(H2,16,20). The van der Waals surface area contributed by atoms with E-state index >= 15 is 0 Å². The highest BCUT2D eigenvalue weighted by molar-refractivity contribution is 7.89. The van der Waals surface area contributed by atoms with Crippen molar-refractivity contribution in [2.24, 2.45) is 11.7 Å². The fraction of sp³-hybridized carbons (Fsp3) is 0.500. The van der Waals surface area contributed by atoms with E-state index in [0.29, 0.717) is 6.54 Å². The minimum atomic E-state index is -3.65. The summed E-state index contributed by atoms with van der Waals surface area (Å²) in [5.74, 6) is -0.390. The summed E-state index contributed by atoms with van der Waals surface area (Å²) in [4.78, 5) is -0.106. The molecule has 0 aromatic heterocycles. The van der Waals surface area contributed by atoms with Crippen molar-refractivity contribution < 1.29 is 12.8 Å². The monoisotopic (exact) mass is 330 g/mol. The Kier molecular flexibility index (Phi) is 4.65. The lowest BCUT2D eigenvalue weighted by atomic mass is 10.2. The molecule has 7 heteroatoms. The van der Waals surface area contributed by atoms with Gasteiger partial charge in [-0.25, -0.2) is 12.8 Å². The maximum Gasteiger partial charge on any atom is 0.243 e. The van der Waals surface area contributed by atoms with Gasteiger partial charge in [-0.15, -0.1) is 0 Å². The van der Waals surface area contributed by atoms with Crippen LogP contribution in [0.3, 0.4) is 0 Å². The van der Waals surface area contributed by atoms with Gasteiger partial charge in [0.15, 0.2) is 0 Å². The van der Waals surface area contributed by atoms with Gasteiger partial charge in [0, 0.05) is 18.2 Å². The molecule has 0 unspecified atom stereocenters. The Morgan fingerprint density at radius 2 is 2.10 bits per heavy atom. The van der Waals surface area contributed by atoms with Crippen LogP contribution in [-0.4, -0.2) is 30.3 Å². The summed E-state index contributed by atoms with van der Waals surface area (Å²) in [5, 5.41) is 0. The maximum absolute atomic E-state index is 13.6. The summed E-state index contributed by atoms with van der Waals surface area (Å²) in [6.45, 7) is 4.39. The van der Waals surface area contributed by atoms with Gasteiger partial charge < -0.3 is 5.73 Å². The van der Waals surface area contributed by atoms with Crippen molar-refractivity contribution in [2.75, 3.05) is 6.54 Å². The van der Waals surface area contributed by atoms with Crippen LogP contribution in [0.4, 0.5) is 4.39 Å². The molecular weight excluding hydrogens is 311 g/mol. The summed E-state index contributed by atoms with van der Waals surface area (Å²) < 4.78 is 40.6. The molecule has 1 aliphatic carbocycles. The first-order valence-corrected chi connectivity index (χ1v) is 8.69. The summed E-state index contributed by atoms with van der Waals surface area (Å²) in [6.07, 6.45) is 1.74. The Balaban J connectivity index is 2.42. The van der Waals surface area contributed by atoms with Gasteiger partial charge in [-0.1, -0.05) is 26.1 Å². The highest BCUT2D eigenvalue weighted by Gasteiger charge is 2.38. The lowest BCUT2D eigenvalue weighted by Gasteiger charge is -2.24. The summed E-state index contributed by atoms with van der Waals surface area (Å²) in [6, 6.07) is 3.64. The molecule has 1 aliphatic rings. The normalized spacial score (nSPS) is 15.7. The van der Waals surface area contributed by atoms with Crippen LogP contribution in [0.2, 0.25) is 0 Å².